The summed E-state index contributed by atoms with van der Waals surface area (Å²) in [5.41, 5.74) is 4.73. The van der Waals surface area contributed by atoms with Crippen LogP contribution in [0.1, 0.15) is 49.2 Å². The Morgan fingerprint density at radius 3 is 2.36 bits per heavy atom. The molecule has 0 unspecified atom stereocenters. The van der Waals surface area contributed by atoms with Crippen molar-refractivity contribution < 1.29 is 9.90 Å². The van der Waals surface area contributed by atoms with E-state index in [2.05, 4.69) is 0 Å². The van der Waals surface area contributed by atoms with E-state index in [0.717, 1.165) is 27.6 Å². The number of aromatic nitrogens is 1. The highest BCUT2D eigenvalue weighted by Crippen LogP contribution is 2.30. The number of benzene rings is 2. The highest BCUT2D eigenvalue weighted by atomic mass is 16.3. The van der Waals surface area contributed by atoms with Crippen LogP contribution in [0.4, 0.5) is 0 Å². The lowest BCUT2D eigenvalue weighted by atomic mass is 9.97. The van der Waals surface area contributed by atoms with Crippen molar-refractivity contribution in [1.29, 1.82) is 0 Å². The predicted molar refractivity (Wildman–Crippen MR) is 114 cm³/mol. The minimum atomic E-state index is -0.132. The molecule has 0 fully saturated rings. The molecule has 0 aliphatic heterocycles. The van der Waals surface area contributed by atoms with E-state index in [4.69, 9.17) is 4.98 Å². The summed E-state index contributed by atoms with van der Waals surface area (Å²) in [5, 5.41) is 11.0. The third-order valence-electron chi connectivity index (χ3n) is 4.98. The first-order valence-corrected chi connectivity index (χ1v) is 9.76. The SMILES string of the molecule is Cc1ccc2cc(CO)c(-c3ccccc3C(=O)N(C(C)C)C(C)C)nc2c1. The Morgan fingerprint density at radius 1 is 1.04 bits per heavy atom. The van der Waals surface area contributed by atoms with Crippen molar-refractivity contribution in [2.45, 2.75) is 53.3 Å². The van der Waals surface area contributed by atoms with Gasteiger partial charge in [-0.1, -0.05) is 30.3 Å². The van der Waals surface area contributed by atoms with Crippen molar-refractivity contribution in [2.75, 3.05) is 0 Å². The smallest absolute Gasteiger partial charge is 0.255 e. The lowest BCUT2D eigenvalue weighted by Crippen LogP contribution is -2.42. The molecule has 3 rings (SSSR count). The van der Waals surface area contributed by atoms with Crippen LogP contribution in [0.5, 0.6) is 0 Å². The van der Waals surface area contributed by atoms with Crippen molar-refractivity contribution in [1.82, 2.24) is 9.88 Å². The first kappa shape index (κ1) is 20.0. The summed E-state index contributed by atoms with van der Waals surface area (Å²) < 4.78 is 0. The van der Waals surface area contributed by atoms with Crippen LogP contribution in [-0.2, 0) is 6.61 Å². The minimum absolute atomic E-state index is 0.0179. The molecule has 0 aliphatic carbocycles. The summed E-state index contributed by atoms with van der Waals surface area (Å²) in [6.45, 7) is 10.00. The van der Waals surface area contributed by atoms with E-state index >= 15 is 0 Å². The summed E-state index contributed by atoms with van der Waals surface area (Å²) in [7, 11) is 0. The van der Waals surface area contributed by atoms with Crippen LogP contribution in [0.15, 0.2) is 48.5 Å². The fraction of sp³-hybridized carbons (Fsp3) is 0.333. The lowest BCUT2D eigenvalue weighted by molar-refractivity contribution is 0.0644. The molecular formula is C24H28N2O2. The summed E-state index contributed by atoms with van der Waals surface area (Å²) >= 11 is 0. The van der Waals surface area contributed by atoms with Gasteiger partial charge in [-0.2, -0.15) is 0 Å². The molecule has 4 heteroatoms. The second-order valence-corrected chi connectivity index (χ2v) is 7.80. The van der Waals surface area contributed by atoms with Gasteiger partial charge in [0, 0.05) is 34.2 Å². The van der Waals surface area contributed by atoms with Crippen LogP contribution in [0.25, 0.3) is 22.2 Å². The van der Waals surface area contributed by atoms with E-state index in [9.17, 15) is 9.90 Å². The highest BCUT2D eigenvalue weighted by molar-refractivity contribution is 6.01. The maximum absolute atomic E-state index is 13.4. The number of aryl methyl sites for hydroxylation is 1. The van der Waals surface area contributed by atoms with Crippen molar-refractivity contribution >= 4 is 16.8 Å². The molecule has 0 radical (unpaired) electrons. The number of rotatable bonds is 5. The number of aliphatic hydroxyl groups is 1. The van der Waals surface area contributed by atoms with E-state index < -0.39 is 0 Å². The average molecular weight is 377 g/mol. The molecule has 1 aromatic heterocycles. The van der Waals surface area contributed by atoms with Crippen molar-refractivity contribution in [3.8, 4) is 11.3 Å². The first-order valence-electron chi connectivity index (χ1n) is 9.76. The number of carbonyl (C=O) groups excluding carboxylic acids is 1. The van der Waals surface area contributed by atoms with Gasteiger partial charge in [0.1, 0.15) is 0 Å². The average Bonchev–Trinajstić information content (AvgIpc) is 2.66. The zero-order valence-electron chi connectivity index (χ0n) is 17.2. The standard InChI is InChI=1S/C24H28N2O2/c1-15(2)26(16(3)4)24(28)21-9-7-6-8-20(21)23-19(14-27)13-18-11-10-17(5)12-22(18)25-23/h6-13,15-16,27H,14H2,1-5H3. The summed E-state index contributed by atoms with van der Waals surface area (Å²) in [6.07, 6.45) is 0. The largest absolute Gasteiger partial charge is 0.392 e. The number of pyridine rings is 1. The monoisotopic (exact) mass is 376 g/mol. The van der Waals surface area contributed by atoms with E-state index in [1.54, 1.807) is 0 Å². The van der Waals surface area contributed by atoms with Gasteiger partial charge in [0.15, 0.2) is 0 Å². The third kappa shape index (κ3) is 3.78. The molecule has 4 nitrogen and oxygen atoms in total. The lowest BCUT2D eigenvalue weighted by Gasteiger charge is -2.31. The molecule has 0 saturated carbocycles. The molecule has 0 bridgehead atoms. The molecule has 2 aromatic carbocycles. The number of carbonyl (C=O) groups is 1. The second-order valence-electron chi connectivity index (χ2n) is 7.80. The minimum Gasteiger partial charge on any atom is -0.392 e. The van der Waals surface area contributed by atoms with Crippen LogP contribution in [-0.4, -0.2) is 33.0 Å². The van der Waals surface area contributed by atoms with Gasteiger partial charge in [-0.25, -0.2) is 4.98 Å². The zero-order chi connectivity index (χ0) is 20.4. The van der Waals surface area contributed by atoms with Gasteiger partial charge in [-0.15, -0.1) is 0 Å². The number of hydrogen-bond donors (Lipinski definition) is 1. The Balaban J connectivity index is 2.21. The Hall–Kier alpha value is -2.72. The Bertz CT molecular complexity index is 1000. The summed E-state index contributed by atoms with van der Waals surface area (Å²) in [4.78, 5) is 20.1. The van der Waals surface area contributed by atoms with Gasteiger partial charge in [0.2, 0.25) is 0 Å². The molecular weight excluding hydrogens is 348 g/mol. The molecule has 0 saturated heterocycles. The highest BCUT2D eigenvalue weighted by Gasteiger charge is 2.25. The van der Waals surface area contributed by atoms with Crippen LogP contribution < -0.4 is 0 Å². The van der Waals surface area contributed by atoms with Crippen LogP contribution in [0.3, 0.4) is 0 Å². The molecule has 3 aromatic rings. The quantitative estimate of drug-likeness (QED) is 0.685. The maximum Gasteiger partial charge on any atom is 0.255 e. The van der Waals surface area contributed by atoms with Gasteiger partial charge < -0.3 is 10.0 Å². The molecule has 28 heavy (non-hydrogen) atoms. The molecule has 1 amide bonds. The van der Waals surface area contributed by atoms with Crippen LogP contribution >= 0.6 is 0 Å². The second kappa shape index (κ2) is 8.11. The number of amides is 1. The number of hydrogen-bond acceptors (Lipinski definition) is 3. The first-order chi connectivity index (χ1) is 13.3. The van der Waals surface area contributed by atoms with Gasteiger partial charge >= 0.3 is 0 Å². The van der Waals surface area contributed by atoms with E-state index in [1.807, 2.05) is 88.0 Å². The summed E-state index contributed by atoms with van der Waals surface area (Å²) in [5.74, 6) is -0.0179. The van der Waals surface area contributed by atoms with Crippen LogP contribution in [0.2, 0.25) is 0 Å². The fourth-order valence-corrected chi connectivity index (χ4v) is 3.76. The molecule has 0 aliphatic rings. The maximum atomic E-state index is 13.4. The number of aliphatic hydroxyl groups excluding tert-OH is 1. The topological polar surface area (TPSA) is 53.4 Å². The van der Waals surface area contributed by atoms with Gasteiger partial charge in [0.05, 0.1) is 17.8 Å². The normalized spacial score (nSPS) is 11.4. The van der Waals surface area contributed by atoms with Gasteiger partial charge in [-0.3, -0.25) is 4.79 Å². The van der Waals surface area contributed by atoms with E-state index in [0.29, 0.717) is 11.3 Å². The summed E-state index contributed by atoms with van der Waals surface area (Å²) in [6, 6.07) is 15.7. The molecule has 1 heterocycles. The van der Waals surface area contributed by atoms with Gasteiger partial charge in [0.25, 0.3) is 5.91 Å². The molecule has 0 atom stereocenters. The fourth-order valence-electron chi connectivity index (χ4n) is 3.76. The van der Waals surface area contributed by atoms with Crippen molar-refractivity contribution in [3.05, 3.63) is 65.2 Å². The number of nitrogens with zero attached hydrogens (tertiary/aromatic N) is 2. The van der Waals surface area contributed by atoms with E-state index in [-0.39, 0.29) is 24.6 Å². The molecule has 1 N–H and O–H groups in total. The Morgan fingerprint density at radius 2 is 1.71 bits per heavy atom. The Labute approximate surface area is 166 Å². The van der Waals surface area contributed by atoms with Crippen LogP contribution in [0, 0.1) is 6.92 Å². The zero-order valence-corrected chi connectivity index (χ0v) is 17.2. The van der Waals surface area contributed by atoms with Gasteiger partial charge in [-0.05, 0) is 58.4 Å². The Kier molecular flexibility index (Phi) is 5.80. The molecule has 146 valence electrons. The van der Waals surface area contributed by atoms with Crippen molar-refractivity contribution in [2.24, 2.45) is 0 Å². The predicted octanol–water partition coefficient (Wildman–Crippen LogP) is 4.96. The number of fused-ring (bicyclic) bond motifs is 1. The van der Waals surface area contributed by atoms with Crippen molar-refractivity contribution in [3.63, 3.8) is 0 Å². The van der Waals surface area contributed by atoms with E-state index in [1.165, 1.54) is 0 Å². The third-order valence-corrected chi connectivity index (χ3v) is 4.98. The molecule has 0 spiro atoms.